The molecule has 9 aromatic rings. The molecule has 0 spiro atoms. The number of hydrogen-bond acceptors (Lipinski definition) is 2. The normalized spacial score (nSPS) is 12.1. The highest BCUT2D eigenvalue weighted by atomic mass is 32.1. The Bertz CT molecular complexity index is 2360. The van der Waals surface area contributed by atoms with Gasteiger partial charge >= 0.3 is 0 Å². The molecule has 3 aromatic heterocycles. The van der Waals surface area contributed by atoms with Crippen LogP contribution in [0.15, 0.2) is 127 Å². The van der Waals surface area contributed by atoms with Crippen LogP contribution in [0.2, 0.25) is 0 Å². The first-order valence-corrected chi connectivity index (χ1v) is 14.0. The predicted octanol–water partition coefficient (Wildman–Crippen LogP) is 9.64. The highest BCUT2D eigenvalue weighted by molar-refractivity contribution is 7.20. The van der Waals surface area contributed by atoms with E-state index in [9.17, 15) is 0 Å². The molecular weight excluding hydrogens is 494 g/mol. The maximum Gasteiger partial charge on any atom is 0.195 e. The fourth-order valence-electron chi connectivity index (χ4n) is 6.25. The molecule has 0 aliphatic carbocycles. The van der Waals surface area contributed by atoms with Crippen LogP contribution >= 0.6 is 11.3 Å². The number of fused-ring (bicyclic) bond motifs is 9. The molecule has 4 heteroatoms. The summed E-state index contributed by atoms with van der Waals surface area (Å²) in [6.07, 6.45) is 0. The van der Waals surface area contributed by atoms with Gasteiger partial charge in [-0.25, -0.2) is 4.98 Å². The summed E-state index contributed by atoms with van der Waals surface area (Å²) in [6.45, 7) is 0. The van der Waals surface area contributed by atoms with Gasteiger partial charge in [0.2, 0.25) is 0 Å². The van der Waals surface area contributed by atoms with Gasteiger partial charge in [0.1, 0.15) is 0 Å². The van der Waals surface area contributed by atoms with Crippen molar-refractivity contribution in [2.75, 3.05) is 0 Å². The van der Waals surface area contributed by atoms with Crippen molar-refractivity contribution in [3.05, 3.63) is 127 Å². The van der Waals surface area contributed by atoms with Gasteiger partial charge in [-0.3, -0.25) is 4.57 Å². The molecule has 9 rings (SSSR count). The van der Waals surface area contributed by atoms with Crippen LogP contribution in [0.4, 0.5) is 0 Å². The number of hydrogen-bond donors (Lipinski definition) is 0. The topological polar surface area (TPSA) is 22.8 Å². The number of aromatic nitrogens is 3. The molecule has 182 valence electrons. The Morgan fingerprint density at radius 3 is 2.13 bits per heavy atom. The third-order valence-corrected chi connectivity index (χ3v) is 8.94. The van der Waals surface area contributed by atoms with E-state index in [0.29, 0.717) is 0 Å². The molecule has 0 saturated carbocycles. The molecule has 0 aliphatic heterocycles. The van der Waals surface area contributed by atoms with E-state index in [1.54, 1.807) is 11.3 Å². The summed E-state index contributed by atoms with van der Waals surface area (Å²) in [5.41, 5.74) is 7.01. The molecule has 0 N–H and O–H groups in total. The Kier molecular flexibility index (Phi) is 4.21. The first kappa shape index (κ1) is 21.1. The van der Waals surface area contributed by atoms with Crippen LogP contribution in [-0.4, -0.2) is 14.1 Å². The van der Waals surface area contributed by atoms with E-state index in [1.165, 1.54) is 59.1 Å². The Morgan fingerprint density at radius 1 is 0.513 bits per heavy atom. The molecular formula is C35H21N3S. The highest BCUT2D eigenvalue weighted by Gasteiger charge is 2.22. The van der Waals surface area contributed by atoms with Crippen molar-refractivity contribution in [2.45, 2.75) is 0 Å². The Hall–Kier alpha value is -4.93. The monoisotopic (exact) mass is 515 g/mol. The third-order valence-electron chi connectivity index (χ3n) is 7.92. The fourth-order valence-corrected chi connectivity index (χ4v) is 7.24. The van der Waals surface area contributed by atoms with Crippen LogP contribution < -0.4 is 0 Å². The minimum absolute atomic E-state index is 0.995. The van der Waals surface area contributed by atoms with E-state index in [0.717, 1.165) is 16.3 Å². The Morgan fingerprint density at radius 2 is 1.26 bits per heavy atom. The average molecular weight is 516 g/mol. The first-order valence-electron chi connectivity index (χ1n) is 13.2. The molecule has 0 saturated heterocycles. The van der Waals surface area contributed by atoms with Crippen molar-refractivity contribution >= 4 is 75.9 Å². The molecule has 39 heavy (non-hydrogen) atoms. The lowest BCUT2D eigenvalue weighted by molar-refractivity contribution is 1.15. The fraction of sp³-hybridized carbons (Fsp3) is 0. The van der Waals surface area contributed by atoms with Gasteiger partial charge in [-0.2, -0.15) is 0 Å². The summed E-state index contributed by atoms with van der Waals surface area (Å²) in [5, 5.41) is 8.53. The van der Waals surface area contributed by atoms with Crippen molar-refractivity contribution in [1.29, 1.82) is 0 Å². The van der Waals surface area contributed by atoms with E-state index in [1.807, 2.05) is 0 Å². The van der Waals surface area contributed by atoms with Crippen molar-refractivity contribution in [1.82, 2.24) is 14.1 Å². The summed E-state index contributed by atoms with van der Waals surface area (Å²) in [7, 11) is 0. The van der Waals surface area contributed by atoms with Crippen molar-refractivity contribution in [2.24, 2.45) is 0 Å². The van der Waals surface area contributed by atoms with Crippen LogP contribution in [-0.2, 0) is 0 Å². The quantitative estimate of drug-likeness (QED) is 0.225. The summed E-state index contributed by atoms with van der Waals surface area (Å²) in [5.74, 6) is 0. The number of nitrogens with zero attached hydrogens (tertiary/aromatic N) is 3. The molecule has 0 amide bonds. The lowest BCUT2D eigenvalue weighted by atomic mass is 10.0. The highest BCUT2D eigenvalue weighted by Crippen LogP contribution is 2.43. The average Bonchev–Trinajstić information content (AvgIpc) is 3.65. The largest absolute Gasteiger partial charge is 0.309 e. The second kappa shape index (κ2) is 7.79. The summed E-state index contributed by atoms with van der Waals surface area (Å²) < 4.78 is 6.00. The summed E-state index contributed by atoms with van der Waals surface area (Å²) in [4.78, 5) is 5.07. The van der Waals surface area contributed by atoms with Gasteiger partial charge < -0.3 is 4.57 Å². The van der Waals surface area contributed by atoms with E-state index < -0.39 is 0 Å². The molecule has 3 heterocycles. The molecule has 0 radical (unpaired) electrons. The number of rotatable bonds is 2. The van der Waals surface area contributed by atoms with Gasteiger partial charge in [-0.05, 0) is 59.3 Å². The maximum absolute atomic E-state index is 5.07. The van der Waals surface area contributed by atoms with E-state index in [-0.39, 0.29) is 0 Å². The van der Waals surface area contributed by atoms with Crippen molar-refractivity contribution in [3.8, 4) is 10.8 Å². The van der Waals surface area contributed by atoms with E-state index >= 15 is 0 Å². The second-order valence-corrected chi connectivity index (χ2v) is 11.1. The van der Waals surface area contributed by atoms with Crippen LogP contribution in [0.3, 0.4) is 0 Å². The zero-order chi connectivity index (χ0) is 25.5. The summed E-state index contributed by atoms with van der Waals surface area (Å²) in [6, 6.07) is 45.8. The van der Waals surface area contributed by atoms with E-state index in [2.05, 4.69) is 137 Å². The Balaban J connectivity index is 1.52. The summed E-state index contributed by atoms with van der Waals surface area (Å²) >= 11 is 1.74. The first-order chi connectivity index (χ1) is 19.3. The lowest BCUT2D eigenvalue weighted by Gasteiger charge is -2.09. The van der Waals surface area contributed by atoms with Gasteiger partial charge in [0, 0.05) is 27.2 Å². The standard InChI is InChI=1S/C35H21N3S/c1-2-12-24(13-3-1)37-31-21-23-11-5-4-10-22(23)20-27(31)25-18-19-30-33(34(25)37)26-14-6-8-16-29(26)38(30)35-36-28-15-7-9-17-32(28)39-35/h1-21H. The molecule has 6 aromatic carbocycles. The minimum atomic E-state index is 0.995. The molecule has 0 bridgehead atoms. The van der Waals surface area contributed by atoms with Crippen molar-refractivity contribution in [3.63, 3.8) is 0 Å². The van der Waals surface area contributed by atoms with Crippen LogP contribution in [0.25, 0.3) is 75.4 Å². The Labute approximate surface area is 227 Å². The zero-order valence-electron chi connectivity index (χ0n) is 20.9. The van der Waals surface area contributed by atoms with Gasteiger partial charge in [0.15, 0.2) is 5.13 Å². The zero-order valence-corrected chi connectivity index (χ0v) is 21.7. The molecule has 0 aliphatic rings. The maximum atomic E-state index is 5.07. The smallest absolute Gasteiger partial charge is 0.195 e. The van der Waals surface area contributed by atoms with Crippen LogP contribution in [0, 0.1) is 0 Å². The van der Waals surface area contributed by atoms with Gasteiger partial charge in [0.05, 0.1) is 32.3 Å². The van der Waals surface area contributed by atoms with E-state index in [4.69, 9.17) is 4.98 Å². The number of benzene rings is 6. The molecule has 0 fully saturated rings. The second-order valence-electron chi connectivity index (χ2n) is 10.1. The third kappa shape index (κ3) is 2.89. The van der Waals surface area contributed by atoms with Gasteiger partial charge in [-0.1, -0.05) is 90.2 Å². The molecule has 0 unspecified atom stereocenters. The number of thiazole rings is 1. The van der Waals surface area contributed by atoms with Gasteiger partial charge in [-0.15, -0.1) is 0 Å². The minimum Gasteiger partial charge on any atom is -0.309 e. The van der Waals surface area contributed by atoms with Crippen LogP contribution in [0.1, 0.15) is 0 Å². The number of para-hydroxylation sites is 3. The predicted molar refractivity (Wildman–Crippen MR) is 166 cm³/mol. The molecule has 0 atom stereocenters. The van der Waals surface area contributed by atoms with Crippen LogP contribution in [0.5, 0.6) is 0 Å². The van der Waals surface area contributed by atoms with Crippen molar-refractivity contribution < 1.29 is 0 Å². The lowest BCUT2D eigenvalue weighted by Crippen LogP contribution is -1.95. The molecule has 3 nitrogen and oxygen atoms in total. The SMILES string of the molecule is c1ccc(-n2c3cc4ccccc4cc3c3ccc4c(c5ccccc5n4-c4nc5ccccc5s4)c32)cc1. The van der Waals surface area contributed by atoms with Gasteiger partial charge in [0.25, 0.3) is 0 Å².